The molecule has 0 radical (unpaired) electrons. The quantitative estimate of drug-likeness (QED) is 0.673. The second kappa shape index (κ2) is 6.67. The molecular formula is C17H14ClNS2. The SMILES string of the molecule is N[C@@H](c1ccsc1)c1ccccc1Sc1ccc(Cl)cc1. The van der Waals surface area contributed by atoms with Gasteiger partial charge in [-0.3, -0.25) is 0 Å². The van der Waals surface area contributed by atoms with E-state index in [-0.39, 0.29) is 6.04 Å². The van der Waals surface area contributed by atoms with Crippen molar-refractivity contribution in [2.45, 2.75) is 15.8 Å². The average Bonchev–Trinajstić information content (AvgIpc) is 3.04. The van der Waals surface area contributed by atoms with Crippen molar-refractivity contribution in [3.63, 3.8) is 0 Å². The first-order valence-electron chi connectivity index (χ1n) is 6.54. The minimum atomic E-state index is -0.0905. The van der Waals surface area contributed by atoms with Crippen LogP contribution in [0.25, 0.3) is 0 Å². The molecule has 0 saturated heterocycles. The van der Waals surface area contributed by atoms with Gasteiger partial charge in [0, 0.05) is 14.8 Å². The van der Waals surface area contributed by atoms with E-state index < -0.39 is 0 Å². The lowest BCUT2D eigenvalue weighted by Gasteiger charge is -2.15. The van der Waals surface area contributed by atoms with Gasteiger partial charge in [-0.15, -0.1) is 0 Å². The second-order valence-electron chi connectivity index (χ2n) is 4.63. The molecule has 0 aliphatic rings. The van der Waals surface area contributed by atoms with Crippen molar-refractivity contribution in [1.29, 1.82) is 0 Å². The van der Waals surface area contributed by atoms with E-state index in [0.717, 1.165) is 21.0 Å². The average molecular weight is 332 g/mol. The third-order valence-corrected chi connectivity index (χ3v) is 5.25. The Bertz CT molecular complexity index is 708. The van der Waals surface area contributed by atoms with Gasteiger partial charge in [0.25, 0.3) is 0 Å². The molecule has 0 unspecified atom stereocenters. The van der Waals surface area contributed by atoms with Crippen LogP contribution in [-0.4, -0.2) is 0 Å². The molecule has 2 N–H and O–H groups in total. The molecule has 1 nitrogen and oxygen atoms in total. The number of benzene rings is 2. The van der Waals surface area contributed by atoms with E-state index in [9.17, 15) is 0 Å². The Balaban J connectivity index is 1.91. The van der Waals surface area contributed by atoms with Gasteiger partial charge in [0.15, 0.2) is 0 Å². The van der Waals surface area contributed by atoms with Crippen molar-refractivity contribution in [2.75, 3.05) is 0 Å². The van der Waals surface area contributed by atoms with Crippen molar-refractivity contribution in [3.8, 4) is 0 Å². The first-order valence-corrected chi connectivity index (χ1v) is 8.68. The Morgan fingerprint density at radius 3 is 2.48 bits per heavy atom. The maximum atomic E-state index is 6.41. The molecule has 0 bridgehead atoms. The summed E-state index contributed by atoms with van der Waals surface area (Å²) in [6.07, 6.45) is 0. The van der Waals surface area contributed by atoms with Crippen LogP contribution in [-0.2, 0) is 0 Å². The predicted octanol–water partition coefficient (Wildman–Crippen LogP) is 5.60. The maximum Gasteiger partial charge on any atom is 0.0571 e. The summed E-state index contributed by atoms with van der Waals surface area (Å²) in [4.78, 5) is 2.34. The topological polar surface area (TPSA) is 26.0 Å². The summed E-state index contributed by atoms with van der Waals surface area (Å²) in [5.41, 5.74) is 8.72. The lowest BCUT2D eigenvalue weighted by molar-refractivity contribution is 0.852. The van der Waals surface area contributed by atoms with Crippen LogP contribution >= 0.6 is 34.7 Å². The lowest BCUT2D eigenvalue weighted by atomic mass is 10.0. The molecule has 0 fully saturated rings. The molecule has 0 saturated carbocycles. The predicted molar refractivity (Wildman–Crippen MR) is 92.4 cm³/mol. The smallest absolute Gasteiger partial charge is 0.0571 e. The molecule has 3 rings (SSSR count). The minimum absolute atomic E-state index is 0.0905. The number of rotatable bonds is 4. The summed E-state index contributed by atoms with van der Waals surface area (Å²) in [7, 11) is 0. The molecule has 1 heterocycles. The third-order valence-electron chi connectivity index (χ3n) is 3.20. The Morgan fingerprint density at radius 1 is 1.00 bits per heavy atom. The van der Waals surface area contributed by atoms with Crippen LogP contribution in [0, 0.1) is 0 Å². The van der Waals surface area contributed by atoms with E-state index in [1.54, 1.807) is 23.1 Å². The molecule has 4 heteroatoms. The summed E-state index contributed by atoms with van der Waals surface area (Å²) in [5.74, 6) is 0. The van der Waals surface area contributed by atoms with E-state index in [2.05, 4.69) is 29.0 Å². The van der Waals surface area contributed by atoms with Gasteiger partial charge in [-0.25, -0.2) is 0 Å². The van der Waals surface area contributed by atoms with E-state index >= 15 is 0 Å². The highest BCUT2D eigenvalue weighted by atomic mass is 35.5. The molecule has 1 aromatic heterocycles. The van der Waals surface area contributed by atoms with Crippen LogP contribution in [0.3, 0.4) is 0 Å². The van der Waals surface area contributed by atoms with Crippen molar-refractivity contribution < 1.29 is 0 Å². The molecule has 0 spiro atoms. The number of nitrogens with two attached hydrogens (primary N) is 1. The van der Waals surface area contributed by atoms with E-state index in [0.29, 0.717) is 0 Å². The van der Waals surface area contributed by atoms with Crippen LogP contribution in [0.5, 0.6) is 0 Å². The molecular weight excluding hydrogens is 318 g/mol. The second-order valence-corrected chi connectivity index (χ2v) is 6.96. The standard InChI is InChI=1S/C17H14ClNS2/c18-13-5-7-14(8-6-13)21-16-4-2-1-3-15(16)17(19)12-9-10-20-11-12/h1-11,17H,19H2/t17-/m0/s1. The van der Waals surface area contributed by atoms with E-state index in [1.807, 2.05) is 36.4 Å². The van der Waals surface area contributed by atoms with Gasteiger partial charge in [-0.1, -0.05) is 41.6 Å². The Morgan fingerprint density at radius 2 is 1.76 bits per heavy atom. The summed E-state index contributed by atoms with van der Waals surface area (Å²) in [6, 6.07) is 18.2. The highest BCUT2D eigenvalue weighted by Crippen LogP contribution is 2.35. The third kappa shape index (κ3) is 3.50. The Labute approximate surface area is 137 Å². The van der Waals surface area contributed by atoms with E-state index in [4.69, 9.17) is 17.3 Å². The molecule has 0 aliphatic carbocycles. The van der Waals surface area contributed by atoms with Gasteiger partial charge < -0.3 is 5.73 Å². The summed E-state index contributed by atoms with van der Waals surface area (Å²) in [5, 5.41) is 4.92. The molecule has 0 amide bonds. The summed E-state index contributed by atoms with van der Waals surface area (Å²) < 4.78 is 0. The van der Waals surface area contributed by atoms with Crippen molar-refractivity contribution in [1.82, 2.24) is 0 Å². The zero-order valence-electron chi connectivity index (χ0n) is 11.2. The highest BCUT2D eigenvalue weighted by molar-refractivity contribution is 7.99. The molecule has 3 aromatic rings. The van der Waals surface area contributed by atoms with Gasteiger partial charge in [0.1, 0.15) is 0 Å². The van der Waals surface area contributed by atoms with Crippen molar-refractivity contribution in [2.24, 2.45) is 5.73 Å². The fraction of sp³-hybridized carbons (Fsp3) is 0.0588. The molecule has 2 aromatic carbocycles. The number of thiophene rings is 1. The van der Waals surface area contributed by atoms with Gasteiger partial charge in [-0.2, -0.15) is 11.3 Å². The van der Waals surface area contributed by atoms with Crippen LogP contribution < -0.4 is 5.73 Å². The maximum absolute atomic E-state index is 6.41. The van der Waals surface area contributed by atoms with Crippen LogP contribution in [0.1, 0.15) is 17.2 Å². The van der Waals surface area contributed by atoms with Gasteiger partial charge in [-0.05, 0) is 58.3 Å². The zero-order valence-corrected chi connectivity index (χ0v) is 13.6. The Kier molecular flexibility index (Phi) is 4.66. The van der Waals surface area contributed by atoms with Gasteiger partial charge >= 0.3 is 0 Å². The minimum Gasteiger partial charge on any atom is -0.320 e. The normalized spacial score (nSPS) is 12.3. The first-order chi connectivity index (χ1) is 10.2. The summed E-state index contributed by atoms with van der Waals surface area (Å²) in [6.45, 7) is 0. The summed E-state index contributed by atoms with van der Waals surface area (Å²) >= 11 is 9.32. The largest absolute Gasteiger partial charge is 0.320 e. The van der Waals surface area contributed by atoms with Crippen LogP contribution in [0.2, 0.25) is 5.02 Å². The first kappa shape index (κ1) is 14.7. The van der Waals surface area contributed by atoms with Crippen molar-refractivity contribution >= 4 is 34.7 Å². The fourth-order valence-electron chi connectivity index (χ4n) is 2.09. The molecule has 0 aliphatic heterocycles. The van der Waals surface area contributed by atoms with Gasteiger partial charge in [0.2, 0.25) is 0 Å². The number of hydrogen-bond acceptors (Lipinski definition) is 3. The molecule has 21 heavy (non-hydrogen) atoms. The van der Waals surface area contributed by atoms with Crippen LogP contribution in [0.4, 0.5) is 0 Å². The van der Waals surface area contributed by atoms with Gasteiger partial charge in [0.05, 0.1) is 6.04 Å². The van der Waals surface area contributed by atoms with Crippen LogP contribution in [0.15, 0.2) is 75.1 Å². The fourth-order valence-corrected chi connectivity index (χ4v) is 3.90. The van der Waals surface area contributed by atoms with E-state index in [1.165, 1.54) is 4.90 Å². The monoisotopic (exact) mass is 331 g/mol. The Hall–Kier alpha value is -1.26. The molecule has 106 valence electrons. The zero-order chi connectivity index (χ0) is 14.7. The highest BCUT2D eigenvalue weighted by Gasteiger charge is 2.14. The number of hydrogen-bond donors (Lipinski definition) is 1. The lowest BCUT2D eigenvalue weighted by Crippen LogP contribution is -2.11. The number of halogens is 1. The van der Waals surface area contributed by atoms with Crippen molar-refractivity contribution in [3.05, 3.63) is 81.5 Å². The molecule has 1 atom stereocenters.